The van der Waals surface area contributed by atoms with Gasteiger partial charge in [-0.15, -0.1) is 0 Å². The van der Waals surface area contributed by atoms with E-state index in [1.165, 1.54) is 6.92 Å². The Bertz CT molecular complexity index is 78.6. The molecule has 0 saturated heterocycles. The number of ether oxygens (including phenoxy) is 1. The van der Waals surface area contributed by atoms with Gasteiger partial charge in [0.2, 0.25) is 0 Å². The largest absolute Gasteiger partial charge is 0.463 e. The molecular weight excluding hydrogens is 104 g/mol. The van der Waals surface area contributed by atoms with E-state index in [2.05, 4.69) is 0 Å². The number of carbonyl (C=O) groups excluding carboxylic acids is 1. The summed E-state index contributed by atoms with van der Waals surface area (Å²) in [5.41, 5.74) is 0. The van der Waals surface area contributed by atoms with Gasteiger partial charge in [-0.05, 0) is 13.3 Å². The van der Waals surface area contributed by atoms with Crippen molar-refractivity contribution < 1.29 is 9.53 Å². The maximum Gasteiger partial charge on any atom is 0.302 e. The average molecular weight is 116 g/mol. The summed E-state index contributed by atoms with van der Waals surface area (Å²) >= 11 is 0. The fourth-order valence-corrected chi connectivity index (χ4v) is 0.367. The van der Waals surface area contributed by atoms with Crippen LogP contribution in [0.2, 0.25) is 0 Å². The third kappa shape index (κ3) is 3.65. The predicted molar refractivity (Wildman–Crippen MR) is 31.5 cm³/mol. The molecule has 8 heavy (non-hydrogen) atoms. The highest BCUT2D eigenvalue weighted by atomic mass is 16.5. The van der Waals surface area contributed by atoms with Crippen LogP contribution in [0, 0.1) is 0 Å². The van der Waals surface area contributed by atoms with E-state index >= 15 is 0 Å². The first-order chi connectivity index (χ1) is 3.66. The van der Waals surface area contributed by atoms with Gasteiger partial charge in [-0.1, -0.05) is 6.92 Å². The van der Waals surface area contributed by atoms with Crippen molar-refractivity contribution in [1.29, 1.82) is 0 Å². The van der Waals surface area contributed by atoms with Crippen LogP contribution in [0.15, 0.2) is 0 Å². The fourth-order valence-electron chi connectivity index (χ4n) is 0.367. The molecule has 0 aliphatic carbocycles. The molecule has 2 nitrogen and oxygen atoms in total. The van der Waals surface area contributed by atoms with E-state index < -0.39 is 0 Å². The Hall–Kier alpha value is -0.530. The highest BCUT2D eigenvalue weighted by molar-refractivity contribution is 5.66. The molecule has 0 aliphatic rings. The molecule has 2 heteroatoms. The zero-order valence-corrected chi connectivity index (χ0v) is 5.60. The Kier molecular flexibility index (Phi) is 3.24. The summed E-state index contributed by atoms with van der Waals surface area (Å²) in [6.07, 6.45) is 0.965. The van der Waals surface area contributed by atoms with Crippen LogP contribution >= 0.6 is 0 Å². The zero-order chi connectivity index (χ0) is 6.57. The molecule has 0 bridgehead atoms. The molecule has 0 unspecified atom stereocenters. The first kappa shape index (κ1) is 7.47. The van der Waals surface area contributed by atoms with Gasteiger partial charge in [-0.2, -0.15) is 0 Å². The molecule has 0 spiro atoms. The van der Waals surface area contributed by atoms with Crippen LogP contribution in [0.4, 0.5) is 0 Å². The van der Waals surface area contributed by atoms with Crippen LogP contribution in [-0.4, -0.2) is 12.1 Å². The molecular formula is C6H12O2. The zero-order valence-electron chi connectivity index (χ0n) is 5.60. The average Bonchev–Trinajstić information content (AvgIpc) is 1.65. The van der Waals surface area contributed by atoms with Crippen molar-refractivity contribution in [3.63, 3.8) is 0 Å². The van der Waals surface area contributed by atoms with Crippen LogP contribution in [0.3, 0.4) is 0 Å². The monoisotopic (exact) mass is 116 g/mol. The molecule has 0 saturated carbocycles. The van der Waals surface area contributed by atoms with Gasteiger partial charge in [-0.25, -0.2) is 0 Å². The second-order valence-electron chi connectivity index (χ2n) is 1.83. The summed E-state index contributed by atoms with van der Waals surface area (Å²) in [7, 11) is 0. The van der Waals surface area contributed by atoms with Crippen LogP contribution in [0.1, 0.15) is 27.2 Å². The summed E-state index contributed by atoms with van der Waals surface area (Å²) < 4.78 is 4.76. The van der Waals surface area contributed by atoms with Crippen molar-refractivity contribution in [3.05, 3.63) is 0 Å². The first-order valence-corrected chi connectivity index (χ1v) is 2.84. The molecule has 0 heterocycles. The lowest BCUT2D eigenvalue weighted by atomic mass is 10.3. The Labute approximate surface area is 49.8 Å². The van der Waals surface area contributed by atoms with Gasteiger partial charge in [-0.3, -0.25) is 4.79 Å². The van der Waals surface area contributed by atoms with Crippen LogP contribution in [0.25, 0.3) is 0 Å². The van der Waals surface area contributed by atoms with Crippen molar-refractivity contribution in [2.24, 2.45) is 0 Å². The van der Waals surface area contributed by atoms with Gasteiger partial charge in [0.1, 0.15) is 0 Å². The molecule has 0 aromatic rings. The number of rotatable bonds is 2. The highest BCUT2D eigenvalue weighted by Crippen LogP contribution is 1.94. The second-order valence-corrected chi connectivity index (χ2v) is 1.83. The van der Waals surface area contributed by atoms with Crippen molar-refractivity contribution in [3.8, 4) is 0 Å². The fraction of sp³-hybridized carbons (Fsp3) is 0.833. The summed E-state index contributed by atoms with van der Waals surface area (Å²) in [5.74, 6) is -0.195. The van der Waals surface area contributed by atoms with Gasteiger partial charge in [0, 0.05) is 6.92 Å². The lowest BCUT2D eigenvalue weighted by Crippen LogP contribution is -2.09. The van der Waals surface area contributed by atoms with Gasteiger partial charge in [0.05, 0.1) is 6.10 Å². The van der Waals surface area contributed by atoms with Crippen LogP contribution < -0.4 is 0 Å². The molecule has 0 aliphatic heterocycles. The smallest absolute Gasteiger partial charge is 0.302 e. The number of carbonyl (C=O) groups is 1. The van der Waals surface area contributed by atoms with Crippen LogP contribution in [0.5, 0.6) is 0 Å². The maximum absolute atomic E-state index is 10.2. The normalized spacial score (nSPS) is 12.9. The Balaban J connectivity index is 3.24. The van der Waals surface area contributed by atoms with E-state index in [0.717, 1.165) is 6.42 Å². The molecule has 0 fully saturated rings. The standard InChI is InChI=1S/C6H12O2/c1-4-5(2)8-6(3)7/h5H,4H2,1-3H3/t5-/m1/s1. The Morgan fingerprint density at radius 1 is 1.75 bits per heavy atom. The van der Waals surface area contributed by atoms with E-state index in [4.69, 9.17) is 4.74 Å². The predicted octanol–water partition coefficient (Wildman–Crippen LogP) is 1.35. The Morgan fingerprint density at radius 2 is 2.25 bits per heavy atom. The van der Waals surface area contributed by atoms with E-state index in [1.807, 2.05) is 13.8 Å². The first-order valence-electron chi connectivity index (χ1n) is 2.84. The number of hydrogen-bond acceptors (Lipinski definition) is 2. The van der Waals surface area contributed by atoms with Gasteiger partial charge < -0.3 is 4.74 Å². The molecule has 0 rings (SSSR count). The van der Waals surface area contributed by atoms with Crippen molar-refractivity contribution >= 4 is 5.97 Å². The molecule has 48 valence electrons. The maximum atomic E-state index is 10.2. The number of esters is 1. The topological polar surface area (TPSA) is 26.3 Å². The van der Waals surface area contributed by atoms with Gasteiger partial charge in [0.15, 0.2) is 0 Å². The third-order valence-corrected chi connectivity index (χ3v) is 0.942. The lowest BCUT2D eigenvalue weighted by Gasteiger charge is -2.06. The molecule has 0 amide bonds. The van der Waals surface area contributed by atoms with Crippen molar-refractivity contribution in [2.45, 2.75) is 33.3 Å². The third-order valence-electron chi connectivity index (χ3n) is 0.942. The number of hydrogen-bond donors (Lipinski definition) is 0. The second kappa shape index (κ2) is 3.47. The van der Waals surface area contributed by atoms with Crippen molar-refractivity contribution in [2.75, 3.05) is 0 Å². The molecule has 0 N–H and O–H groups in total. The summed E-state index contributed by atoms with van der Waals surface area (Å²) in [4.78, 5) is 10.2. The minimum Gasteiger partial charge on any atom is -0.463 e. The summed E-state index contributed by atoms with van der Waals surface area (Å²) in [6.45, 7) is 5.28. The Morgan fingerprint density at radius 3 is 2.38 bits per heavy atom. The molecule has 0 aromatic carbocycles. The molecule has 0 radical (unpaired) electrons. The SMILES string of the molecule is CC[C@@H](C)OC(C)=O. The van der Waals surface area contributed by atoms with Crippen LogP contribution in [-0.2, 0) is 9.53 Å². The minimum absolute atomic E-state index is 0.0764. The summed E-state index contributed by atoms with van der Waals surface area (Å²) in [6, 6.07) is 0. The summed E-state index contributed by atoms with van der Waals surface area (Å²) in [5, 5.41) is 0. The van der Waals surface area contributed by atoms with E-state index in [9.17, 15) is 4.79 Å². The van der Waals surface area contributed by atoms with E-state index in [1.54, 1.807) is 0 Å². The molecule has 0 aromatic heterocycles. The minimum atomic E-state index is -0.195. The van der Waals surface area contributed by atoms with E-state index in [0.29, 0.717) is 0 Å². The lowest BCUT2D eigenvalue weighted by molar-refractivity contribution is -0.145. The van der Waals surface area contributed by atoms with Gasteiger partial charge >= 0.3 is 5.97 Å². The quantitative estimate of drug-likeness (QED) is 0.509. The van der Waals surface area contributed by atoms with Crippen molar-refractivity contribution in [1.82, 2.24) is 0 Å². The van der Waals surface area contributed by atoms with Gasteiger partial charge in [0.25, 0.3) is 0 Å². The molecule has 1 atom stereocenters. The highest BCUT2D eigenvalue weighted by Gasteiger charge is 1.99. The van der Waals surface area contributed by atoms with E-state index in [-0.39, 0.29) is 12.1 Å².